The maximum atomic E-state index is 12.6. The molecule has 2 aromatic rings. The number of benzene rings is 1. The van der Waals surface area contributed by atoms with Gasteiger partial charge < -0.3 is 10.0 Å². The van der Waals surface area contributed by atoms with Crippen LogP contribution in [0, 0.1) is 6.92 Å². The number of pyridine rings is 1. The summed E-state index contributed by atoms with van der Waals surface area (Å²) in [6.45, 7) is 4.29. The summed E-state index contributed by atoms with van der Waals surface area (Å²) in [4.78, 5) is 18.3. The molecule has 5 heteroatoms. The van der Waals surface area contributed by atoms with Gasteiger partial charge in [0.2, 0.25) is 0 Å². The van der Waals surface area contributed by atoms with Gasteiger partial charge >= 0.3 is 0 Å². The van der Waals surface area contributed by atoms with Crippen LogP contribution >= 0.6 is 15.9 Å². The zero-order valence-electron chi connectivity index (χ0n) is 11.3. The average molecular weight is 335 g/mol. The second kappa shape index (κ2) is 6.05. The van der Waals surface area contributed by atoms with Gasteiger partial charge in [-0.15, -0.1) is 0 Å². The van der Waals surface area contributed by atoms with E-state index in [9.17, 15) is 9.90 Å². The molecule has 0 spiro atoms. The number of nitrogens with zero attached hydrogens (tertiary/aromatic N) is 2. The summed E-state index contributed by atoms with van der Waals surface area (Å²) in [5.74, 6) is -0.0541. The van der Waals surface area contributed by atoms with E-state index in [4.69, 9.17) is 0 Å². The number of rotatable bonds is 3. The number of phenols is 1. The van der Waals surface area contributed by atoms with E-state index in [-0.39, 0.29) is 11.7 Å². The number of carbonyl (C=O) groups is 1. The highest BCUT2D eigenvalue weighted by Crippen LogP contribution is 2.26. The molecule has 4 nitrogen and oxygen atoms in total. The van der Waals surface area contributed by atoms with E-state index < -0.39 is 0 Å². The SMILES string of the molecule is CCN(C(=O)c1cccc(Br)n1)c1cc(O)ccc1C. The van der Waals surface area contributed by atoms with Gasteiger partial charge in [0.05, 0.1) is 5.69 Å². The lowest BCUT2D eigenvalue weighted by atomic mass is 10.1. The van der Waals surface area contributed by atoms with Crippen LogP contribution in [0.25, 0.3) is 0 Å². The minimum Gasteiger partial charge on any atom is -0.508 e. The Balaban J connectivity index is 2.42. The quantitative estimate of drug-likeness (QED) is 0.873. The minimum atomic E-state index is -0.192. The number of carbonyl (C=O) groups excluding carboxylic acids is 1. The third-order valence-corrected chi connectivity index (χ3v) is 3.42. The van der Waals surface area contributed by atoms with Crippen molar-refractivity contribution in [2.24, 2.45) is 0 Å². The van der Waals surface area contributed by atoms with E-state index in [1.807, 2.05) is 13.8 Å². The van der Waals surface area contributed by atoms with E-state index >= 15 is 0 Å². The summed E-state index contributed by atoms with van der Waals surface area (Å²) < 4.78 is 0.618. The third-order valence-electron chi connectivity index (χ3n) is 2.98. The van der Waals surface area contributed by atoms with E-state index in [2.05, 4.69) is 20.9 Å². The molecule has 0 bridgehead atoms. The number of hydrogen-bond donors (Lipinski definition) is 1. The molecule has 0 fully saturated rings. The number of aryl methyl sites for hydroxylation is 1. The number of amides is 1. The van der Waals surface area contributed by atoms with Gasteiger partial charge in [0, 0.05) is 12.6 Å². The number of phenolic OH excluding ortho intramolecular Hbond substituents is 1. The van der Waals surface area contributed by atoms with Crippen LogP contribution in [0.2, 0.25) is 0 Å². The topological polar surface area (TPSA) is 53.4 Å². The molecule has 0 unspecified atom stereocenters. The number of hydrogen-bond acceptors (Lipinski definition) is 3. The zero-order chi connectivity index (χ0) is 14.7. The Morgan fingerprint density at radius 2 is 2.10 bits per heavy atom. The van der Waals surface area contributed by atoms with Crippen LogP contribution in [0.1, 0.15) is 23.0 Å². The van der Waals surface area contributed by atoms with Gasteiger partial charge in [-0.05, 0) is 53.5 Å². The fraction of sp³-hybridized carbons (Fsp3) is 0.200. The Hall–Kier alpha value is -1.88. The molecule has 2 rings (SSSR count). The lowest BCUT2D eigenvalue weighted by Gasteiger charge is -2.22. The Morgan fingerprint density at radius 3 is 2.75 bits per heavy atom. The number of aromatic nitrogens is 1. The van der Waals surface area contributed by atoms with Gasteiger partial charge in [0.15, 0.2) is 0 Å². The summed E-state index contributed by atoms with van der Waals surface area (Å²) in [6, 6.07) is 10.2. The predicted molar refractivity (Wildman–Crippen MR) is 82.1 cm³/mol. The van der Waals surface area contributed by atoms with Crippen molar-refractivity contribution in [1.29, 1.82) is 0 Å². The third kappa shape index (κ3) is 2.99. The summed E-state index contributed by atoms with van der Waals surface area (Å²) >= 11 is 3.26. The van der Waals surface area contributed by atoms with Crippen LogP contribution in [0.3, 0.4) is 0 Å². The smallest absolute Gasteiger partial charge is 0.276 e. The average Bonchev–Trinajstić information content (AvgIpc) is 2.43. The van der Waals surface area contributed by atoms with Crippen LogP contribution in [-0.4, -0.2) is 22.5 Å². The summed E-state index contributed by atoms with van der Waals surface area (Å²) in [5.41, 5.74) is 1.98. The van der Waals surface area contributed by atoms with Crippen molar-refractivity contribution in [2.75, 3.05) is 11.4 Å². The van der Waals surface area contributed by atoms with Crippen LogP contribution in [0.15, 0.2) is 41.0 Å². The second-order valence-corrected chi connectivity index (χ2v) is 5.18. The lowest BCUT2D eigenvalue weighted by Crippen LogP contribution is -2.31. The van der Waals surface area contributed by atoms with Crippen LogP contribution < -0.4 is 4.90 Å². The normalized spacial score (nSPS) is 10.3. The maximum Gasteiger partial charge on any atom is 0.276 e. The zero-order valence-corrected chi connectivity index (χ0v) is 12.9. The monoisotopic (exact) mass is 334 g/mol. The Kier molecular flexibility index (Phi) is 4.39. The Bertz CT molecular complexity index is 644. The molecule has 1 aromatic carbocycles. The van der Waals surface area contributed by atoms with Gasteiger partial charge in [-0.2, -0.15) is 0 Å². The minimum absolute atomic E-state index is 0.138. The number of halogens is 1. The highest BCUT2D eigenvalue weighted by Gasteiger charge is 2.19. The Morgan fingerprint density at radius 1 is 1.35 bits per heavy atom. The van der Waals surface area contributed by atoms with Gasteiger partial charge in [0.1, 0.15) is 16.0 Å². The van der Waals surface area contributed by atoms with Gasteiger partial charge in [-0.3, -0.25) is 4.79 Å². The number of aromatic hydroxyl groups is 1. The molecular weight excluding hydrogens is 320 g/mol. The first-order chi connectivity index (χ1) is 9.52. The van der Waals surface area contributed by atoms with Crippen molar-refractivity contribution in [2.45, 2.75) is 13.8 Å². The first-order valence-corrected chi connectivity index (χ1v) is 7.06. The molecule has 0 aliphatic carbocycles. The standard InChI is InChI=1S/C15H15BrN2O2/c1-3-18(13-9-11(19)8-7-10(13)2)15(20)12-5-4-6-14(16)17-12/h4-9,19H,3H2,1-2H3. The fourth-order valence-corrected chi connectivity index (χ4v) is 2.32. The van der Waals surface area contributed by atoms with Crippen LogP contribution in [0.5, 0.6) is 5.75 Å². The van der Waals surface area contributed by atoms with E-state index in [1.165, 1.54) is 0 Å². The van der Waals surface area contributed by atoms with Crippen molar-refractivity contribution in [3.05, 3.63) is 52.3 Å². The highest BCUT2D eigenvalue weighted by molar-refractivity contribution is 9.10. The molecule has 104 valence electrons. The van der Waals surface area contributed by atoms with Crippen LogP contribution in [0.4, 0.5) is 5.69 Å². The summed E-state index contributed by atoms with van der Waals surface area (Å²) in [5, 5.41) is 9.62. The maximum absolute atomic E-state index is 12.6. The molecule has 0 atom stereocenters. The largest absolute Gasteiger partial charge is 0.508 e. The molecule has 0 saturated heterocycles. The van der Waals surface area contributed by atoms with Crippen molar-refractivity contribution in [3.63, 3.8) is 0 Å². The molecule has 1 aromatic heterocycles. The molecule has 0 aliphatic rings. The van der Waals surface area contributed by atoms with Crippen molar-refractivity contribution < 1.29 is 9.90 Å². The molecule has 1 heterocycles. The first-order valence-electron chi connectivity index (χ1n) is 6.27. The van der Waals surface area contributed by atoms with E-state index in [1.54, 1.807) is 41.3 Å². The molecular formula is C15H15BrN2O2. The van der Waals surface area contributed by atoms with Crippen molar-refractivity contribution in [1.82, 2.24) is 4.98 Å². The van der Waals surface area contributed by atoms with E-state index in [0.29, 0.717) is 22.5 Å². The van der Waals surface area contributed by atoms with E-state index in [0.717, 1.165) is 5.56 Å². The molecule has 20 heavy (non-hydrogen) atoms. The van der Waals surface area contributed by atoms with Gasteiger partial charge in [-0.1, -0.05) is 12.1 Å². The molecule has 0 radical (unpaired) electrons. The fourth-order valence-electron chi connectivity index (χ4n) is 1.98. The molecule has 0 saturated carbocycles. The van der Waals surface area contributed by atoms with Crippen LogP contribution in [-0.2, 0) is 0 Å². The van der Waals surface area contributed by atoms with Crippen molar-refractivity contribution in [3.8, 4) is 5.75 Å². The summed E-state index contributed by atoms with van der Waals surface area (Å²) in [7, 11) is 0. The first kappa shape index (κ1) is 14.5. The summed E-state index contributed by atoms with van der Waals surface area (Å²) in [6.07, 6.45) is 0. The second-order valence-electron chi connectivity index (χ2n) is 4.37. The van der Waals surface area contributed by atoms with Gasteiger partial charge in [-0.25, -0.2) is 4.98 Å². The van der Waals surface area contributed by atoms with Gasteiger partial charge in [0.25, 0.3) is 5.91 Å². The van der Waals surface area contributed by atoms with Crippen molar-refractivity contribution >= 4 is 27.5 Å². The highest BCUT2D eigenvalue weighted by atomic mass is 79.9. The number of anilines is 1. The molecule has 1 N–H and O–H groups in total. The molecule has 0 aliphatic heterocycles. The predicted octanol–water partition coefficient (Wildman–Crippen LogP) is 3.52. The Labute approximate surface area is 126 Å². The molecule has 1 amide bonds. The lowest BCUT2D eigenvalue weighted by molar-refractivity contribution is 0.0983.